The molecule has 0 spiro atoms. The molecule has 20 heavy (non-hydrogen) atoms. The third-order valence-electron chi connectivity index (χ3n) is 4.49. The van der Waals surface area contributed by atoms with Crippen LogP contribution in [-0.2, 0) is 5.41 Å². The van der Waals surface area contributed by atoms with Crippen molar-refractivity contribution in [2.24, 2.45) is 0 Å². The summed E-state index contributed by atoms with van der Waals surface area (Å²) in [5.74, 6) is 1.34. The van der Waals surface area contributed by atoms with Crippen LogP contribution in [0.25, 0.3) is 0 Å². The molecule has 1 saturated carbocycles. The smallest absolute Gasteiger partial charge is 0.164 e. The summed E-state index contributed by atoms with van der Waals surface area (Å²) in [5, 5.41) is 20.0. The van der Waals surface area contributed by atoms with Gasteiger partial charge < -0.3 is 19.7 Å². The van der Waals surface area contributed by atoms with Crippen LogP contribution in [0, 0.1) is 0 Å². The molecule has 0 amide bonds. The number of para-hydroxylation sites is 1. The Kier molecular flexibility index (Phi) is 4.89. The number of ether oxygens (including phenoxy) is 2. The van der Waals surface area contributed by atoms with Gasteiger partial charge in [-0.1, -0.05) is 25.0 Å². The molecule has 0 saturated heterocycles. The molecule has 1 aromatic rings. The Hall–Kier alpha value is -1.26. The van der Waals surface area contributed by atoms with E-state index in [2.05, 4.69) is 0 Å². The van der Waals surface area contributed by atoms with Gasteiger partial charge in [-0.25, -0.2) is 0 Å². The van der Waals surface area contributed by atoms with Crippen LogP contribution in [0.1, 0.15) is 37.7 Å². The van der Waals surface area contributed by atoms with Gasteiger partial charge in [0, 0.05) is 17.6 Å². The van der Waals surface area contributed by atoms with Crippen molar-refractivity contribution in [2.75, 3.05) is 20.8 Å². The van der Waals surface area contributed by atoms with Gasteiger partial charge in [-0.05, 0) is 25.3 Å². The molecule has 0 radical (unpaired) electrons. The molecule has 0 bridgehead atoms. The highest BCUT2D eigenvalue weighted by Crippen LogP contribution is 2.48. The Balaban J connectivity index is 2.54. The fraction of sp³-hybridized carbons (Fsp3) is 0.625. The first-order chi connectivity index (χ1) is 9.69. The van der Waals surface area contributed by atoms with Crippen molar-refractivity contribution in [3.05, 3.63) is 23.8 Å². The Labute approximate surface area is 120 Å². The molecule has 0 aliphatic heterocycles. The maximum atomic E-state index is 10.6. The van der Waals surface area contributed by atoms with E-state index in [4.69, 9.17) is 9.47 Å². The molecule has 2 N–H and O–H groups in total. The second kappa shape index (κ2) is 6.46. The Morgan fingerprint density at radius 2 is 2.05 bits per heavy atom. The molecule has 1 fully saturated rings. The molecule has 2 rings (SSSR count). The third kappa shape index (κ3) is 2.50. The standard InChI is InChI=1S/C16H24O4/c1-19-13-7-5-6-12(15(13)20-2)16(10-11-17)9-4-3-8-14(16)18/h5-7,14,17-18H,3-4,8-11H2,1-2H3/t14-,16-/m0/s1. The molecule has 4 nitrogen and oxygen atoms in total. The zero-order valence-corrected chi connectivity index (χ0v) is 12.3. The summed E-state index contributed by atoms with van der Waals surface area (Å²) in [6.07, 6.45) is 3.79. The topological polar surface area (TPSA) is 58.9 Å². The number of hydrogen-bond donors (Lipinski definition) is 2. The third-order valence-corrected chi connectivity index (χ3v) is 4.49. The number of benzene rings is 1. The SMILES string of the molecule is COc1cccc([C@@]2(CCO)CCCC[C@@H]2O)c1OC. The Morgan fingerprint density at radius 3 is 2.65 bits per heavy atom. The second-order valence-corrected chi connectivity index (χ2v) is 5.43. The van der Waals surface area contributed by atoms with Crippen molar-refractivity contribution in [1.82, 2.24) is 0 Å². The van der Waals surface area contributed by atoms with Crippen LogP contribution in [0.5, 0.6) is 11.5 Å². The normalized spacial score (nSPS) is 26.3. The molecule has 112 valence electrons. The van der Waals surface area contributed by atoms with Gasteiger partial charge in [-0.3, -0.25) is 0 Å². The highest BCUT2D eigenvalue weighted by molar-refractivity contribution is 5.51. The van der Waals surface area contributed by atoms with Crippen LogP contribution in [0.3, 0.4) is 0 Å². The van der Waals surface area contributed by atoms with Crippen LogP contribution in [0.2, 0.25) is 0 Å². The van der Waals surface area contributed by atoms with E-state index in [1.807, 2.05) is 18.2 Å². The number of hydrogen-bond acceptors (Lipinski definition) is 4. The van der Waals surface area contributed by atoms with Gasteiger partial charge in [0.15, 0.2) is 11.5 Å². The number of rotatable bonds is 5. The van der Waals surface area contributed by atoms with E-state index in [1.165, 1.54) is 0 Å². The second-order valence-electron chi connectivity index (χ2n) is 5.43. The quantitative estimate of drug-likeness (QED) is 0.868. The molecule has 1 aromatic carbocycles. The van der Waals surface area contributed by atoms with Crippen LogP contribution >= 0.6 is 0 Å². The van der Waals surface area contributed by atoms with E-state index in [0.717, 1.165) is 31.2 Å². The zero-order valence-electron chi connectivity index (χ0n) is 12.3. The maximum Gasteiger partial charge on any atom is 0.164 e. The first-order valence-electron chi connectivity index (χ1n) is 7.20. The predicted molar refractivity (Wildman–Crippen MR) is 77.4 cm³/mol. The first kappa shape index (κ1) is 15.1. The first-order valence-corrected chi connectivity index (χ1v) is 7.20. The average molecular weight is 280 g/mol. The molecular weight excluding hydrogens is 256 g/mol. The lowest BCUT2D eigenvalue weighted by molar-refractivity contribution is 0.0247. The van der Waals surface area contributed by atoms with Crippen molar-refractivity contribution in [3.63, 3.8) is 0 Å². The van der Waals surface area contributed by atoms with E-state index in [1.54, 1.807) is 14.2 Å². The van der Waals surface area contributed by atoms with E-state index in [-0.39, 0.29) is 6.61 Å². The van der Waals surface area contributed by atoms with Gasteiger partial charge >= 0.3 is 0 Å². The lowest BCUT2D eigenvalue weighted by Crippen LogP contribution is -2.43. The van der Waals surface area contributed by atoms with Crippen LogP contribution in [-0.4, -0.2) is 37.1 Å². The van der Waals surface area contributed by atoms with Crippen molar-refractivity contribution in [3.8, 4) is 11.5 Å². The van der Waals surface area contributed by atoms with Gasteiger partial charge in [-0.2, -0.15) is 0 Å². The van der Waals surface area contributed by atoms with Gasteiger partial charge in [0.2, 0.25) is 0 Å². The minimum Gasteiger partial charge on any atom is -0.493 e. The highest BCUT2D eigenvalue weighted by atomic mass is 16.5. The van der Waals surface area contributed by atoms with E-state index in [0.29, 0.717) is 17.9 Å². The van der Waals surface area contributed by atoms with Crippen molar-refractivity contribution in [2.45, 2.75) is 43.6 Å². The molecule has 2 atom stereocenters. The van der Waals surface area contributed by atoms with Crippen molar-refractivity contribution < 1.29 is 19.7 Å². The number of aliphatic hydroxyl groups excluding tert-OH is 2. The monoisotopic (exact) mass is 280 g/mol. The van der Waals surface area contributed by atoms with E-state index < -0.39 is 11.5 Å². The van der Waals surface area contributed by atoms with Gasteiger partial charge in [0.25, 0.3) is 0 Å². The Bertz CT molecular complexity index is 442. The largest absolute Gasteiger partial charge is 0.493 e. The summed E-state index contributed by atoms with van der Waals surface area (Å²) in [5.41, 5.74) is 0.507. The summed E-state index contributed by atoms with van der Waals surface area (Å²) >= 11 is 0. The van der Waals surface area contributed by atoms with E-state index in [9.17, 15) is 10.2 Å². The number of methoxy groups -OCH3 is 2. The highest BCUT2D eigenvalue weighted by Gasteiger charge is 2.43. The summed E-state index contributed by atoms with van der Waals surface area (Å²) in [7, 11) is 3.22. The maximum absolute atomic E-state index is 10.6. The minimum absolute atomic E-state index is 0.0530. The van der Waals surface area contributed by atoms with Crippen LogP contribution in [0.4, 0.5) is 0 Å². The van der Waals surface area contributed by atoms with Crippen molar-refractivity contribution >= 4 is 0 Å². The zero-order chi connectivity index (χ0) is 14.6. The lowest BCUT2D eigenvalue weighted by atomic mass is 9.65. The average Bonchev–Trinajstić information content (AvgIpc) is 2.49. The van der Waals surface area contributed by atoms with Gasteiger partial charge in [0.1, 0.15) is 0 Å². The van der Waals surface area contributed by atoms with Crippen molar-refractivity contribution in [1.29, 1.82) is 0 Å². The molecule has 0 heterocycles. The Morgan fingerprint density at radius 1 is 1.25 bits per heavy atom. The molecular formula is C16H24O4. The summed E-state index contributed by atoms with van der Waals surface area (Å²) in [6, 6.07) is 5.74. The molecule has 4 heteroatoms. The molecule has 0 unspecified atom stereocenters. The van der Waals surface area contributed by atoms with Gasteiger partial charge in [-0.15, -0.1) is 0 Å². The van der Waals surface area contributed by atoms with Crippen LogP contribution < -0.4 is 9.47 Å². The fourth-order valence-corrected chi connectivity index (χ4v) is 3.44. The van der Waals surface area contributed by atoms with Gasteiger partial charge in [0.05, 0.1) is 20.3 Å². The number of aliphatic hydroxyl groups is 2. The van der Waals surface area contributed by atoms with Crippen LogP contribution in [0.15, 0.2) is 18.2 Å². The van der Waals surface area contributed by atoms with E-state index >= 15 is 0 Å². The predicted octanol–water partition coefficient (Wildman–Crippen LogP) is 2.26. The molecule has 1 aliphatic carbocycles. The molecule has 1 aliphatic rings. The summed E-state index contributed by atoms with van der Waals surface area (Å²) in [4.78, 5) is 0. The lowest BCUT2D eigenvalue weighted by Gasteiger charge is -2.42. The minimum atomic E-state index is -0.454. The summed E-state index contributed by atoms with van der Waals surface area (Å²) in [6.45, 7) is 0.0530. The molecule has 0 aromatic heterocycles. The summed E-state index contributed by atoms with van der Waals surface area (Å²) < 4.78 is 10.9. The fourth-order valence-electron chi connectivity index (χ4n) is 3.44.